The number of hydrogen-bond acceptors (Lipinski definition) is 4. The van der Waals surface area contributed by atoms with Gasteiger partial charge in [-0.25, -0.2) is 4.90 Å². The molecule has 1 N–H and O–H groups in total. The summed E-state index contributed by atoms with van der Waals surface area (Å²) in [6.07, 6.45) is 4.68. The van der Waals surface area contributed by atoms with Gasteiger partial charge in [0.05, 0.1) is 16.8 Å². The van der Waals surface area contributed by atoms with Crippen LogP contribution in [0.2, 0.25) is 0 Å². The molecular weight excluding hydrogens is 426 g/mol. The van der Waals surface area contributed by atoms with Crippen LogP contribution in [0.25, 0.3) is 0 Å². The summed E-state index contributed by atoms with van der Waals surface area (Å²) in [6.45, 7) is 6.82. The number of nitrogens with one attached hydrogen (secondary N) is 1. The molecule has 32 heavy (non-hydrogen) atoms. The Labute approximate surface area is 195 Å². The fraction of sp³-hybridized carbons (Fsp3) is 0.400. The number of hydrogen-bond donors (Lipinski definition) is 1. The summed E-state index contributed by atoms with van der Waals surface area (Å²) in [5.41, 5.74) is 2.44. The summed E-state index contributed by atoms with van der Waals surface area (Å²) < 4.78 is 0. The van der Waals surface area contributed by atoms with Crippen molar-refractivity contribution in [1.29, 1.82) is 0 Å². The second kappa shape index (κ2) is 10.3. The summed E-state index contributed by atoms with van der Waals surface area (Å²) in [6, 6.07) is 12.6. The number of aryl methyl sites for hydroxylation is 1. The summed E-state index contributed by atoms with van der Waals surface area (Å²) >= 11 is 0. The van der Waals surface area contributed by atoms with Crippen molar-refractivity contribution in [3.63, 3.8) is 0 Å². The average molecular weight is 456 g/mol. The van der Waals surface area contributed by atoms with Crippen LogP contribution in [-0.2, 0) is 0 Å². The van der Waals surface area contributed by atoms with E-state index in [1.165, 1.54) is 30.2 Å². The van der Waals surface area contributed by atoms with E-state index in [9.17, 15) is 14.4 Å². The molecular formula is C25H30ClN3O3. The second-order valence-corrected chi connectivity index (χ2v) is 8.48. The predicted octanol–water partition coefficient (Wildman–Crippen LogP) is 4.21. The quantitative estimate of drug-likeness (QED) is 0.523. The first-order valence-electron chi connectivity index (χ1n) is 11.1. The van der Waals surface area contributed by atoms with Crippen LogP contribution in [0, 0.1) is 6.92 Å². The maximum atomic E-state index is 13.0. The number of rotatable bonds is 6. The molecule has 170 valence electrons. The van der Waals surface area contributed by atoms with E-state index >= 15 is 0 Å². The number of carbonyl (C=O) groups excluding carboxylic acids is 3. The standard InChI is InChI=1S/C25H29N3O3.ClH/c1-17-8-3-4-10-22(17)28-24(30)20-12-11-19(16-21(20)25(28)31)23(29)26-13-7-15-27-14-6-5-9-18(27)2;/h3-4,8,10-12,16,18H,5-7,9,13-15H2,1-2H3,(H,26,29);1H. The van der Waals surface area contributed by atoms with E-state index in [4.69, 9.17) is 0 Å². The van der Waals surface area contributed by atoms with Crippen molar-refractivity contribution in [2.75, 3.05) is 24.5 Å². The van der Waals surface area contributed by atoms with Gasteiger partial charge in [-0.3, -0.25) is 14.4 Å². The molecule has 7 heteroatoms. The number of para-hydroxylation sites is 1. The van der Waals surface area contributed by atoms with E-state index in [-0.39, 0.29) is 35.7 Å². The number of piperidine rings is 1. The second-order valence-electron chi connectivity index (χ2n) is 8.48. The van der Waals surface area contributed by atoms with Gasteiger partial charge in [-0.05, 0) is 69.5 Å². The fourth-order valence-corrected chi connectivity index (χ4v) is 4.49. The zero-order valence-electron chi connectivity index (χ0n) is 18.6. The Morgan fingerprint density at radius 1 is 1.06 bits per heavy atom. The molecule has 2 aromatic carbocycles. The molecule has 2 aromatic rings. The maximum Gasteiger partial charge on any atom is 0.266 e. The Kier molecular flexibility index (Phi) is 7.69. The van der Waals surface area contributed by atoms with Gasteiger partial charge in [0, 0.05) is 24.7 Å². The van der Waals surface area contributed by atoms with Crippen molar-refractivity contribution in [3.8, 4) is 0 Å². The molecule has 1 saturated heterocycles. The Bertz CT molecular complexity index is 1020. The molecule has 3 amide bonds. The van der Waals surface area contributed by atoms with E-state index in [1.54, 1.807) is 24.3 Å². The van der Waals surface area contributed by atoms with E-state index in [2.05, 4.69) is 17.1 Å². The van der Waals surface area contributed by atoms with Gasteiger partial charge < -0.3 is 10.2 Å². The highest BCUT2D eigenvalue weighted by Crippen LogP contribution is 2.31. The van der Waals surface area contributed by atoms with E-state index in [0.717, 1.165) is 25.1 Å². The third kappa shape index (κ3) is 4.71. The first-order valence-corrected chi connectivity index (χ1v) is 11.1. The SMILES string of the molecule is Cc1ccccc1N1C(=O)c2ccc(C(=O)NCCCN3CCCCC3C)cc2C1=O.Cl. The number of imide groups is 1. The van der Waals surface area contributed by atoms with E-state index in [0.29, 0.717) is 29.4 Å². The third-order valence-corrected chi connectivity index (χ3v) is 6.35. The van der Waals surface area contributed by atoms with Crippen molar-refractivity contribution in [3.05, 3.63) is 64.7 Å². The molecule has 0 aromatic heterocycles. The highest BCUT2D eigenvalue weighted by atomic mass is 35.5. The van der Waals surface area contributed by atoms with Gasteiger partial charge in [0.1, 0.15) is 0 Å². The Balaban J connectivity index is 0.00000289. The van der Waals surface area contributed by atoms with E-state index in [1.807, 2.05) is 19.1 Å². The van der Waals surface area contributed by atoms with Gasteiger partial charge in [0.15, 0.2) is 0 Å². The van der Waals surface area contributed by atoms with Crippen LogP contribution < -0.4 is 10.2 Å². The molecule has 0 bridgehead atoms. The molecule has 0 aliphatic carbocycles. The lowest BCUT2D eigenvalue weighted by atomic mass is 10.0. The number of benzene rings is 2. The van der Waals surface area contributed by atoms with Crippen LogP contribution in [0.15, 0.2) is 42.5 Å². The van der Waals surface area contributed by atoms with Crippen LogP contribution >= 0.6 is 12.4 Å². The van der Waals surface area contributed by atoms with Gasteiger partial charge in [0.25, 0.3) is 17.7 Å². The maximum absolute atomic E-state index is 13.0. The zero-order chi connectivity index (χ0) is 22.0. The summed E-state index contributed by atoms with van der Waals surface area (Å²) in [5.74, 6) is -0.955. The highest BCUT2D eigenvalue weighted by molar-refractivity contribution is 6.35. The minimum Gasteiger partial charge on any atom is -0.352 e. The Morgan fingerprint density at radius 2 is 1.81 bits per heavy atom. The lowest BCUT2D eigenvalue weighted by molar-refractivity contribution is 0.0923. The number of anilines is 1. The Morgan fingerprint density at radius 3 is 2.56 bits per heavy atom. The molecule has 1 atom stereocenters. The van der Waals surface area contributed by atoms with Crippen molar-refractivity contribution in [2.45, 2.75) is 45.6 Å². The smallest absolute Gasteiger partial charge is 0.266 e. The topological polar surface area (TPSA) is 69.7 Å². The molecule has 0 spiro atoms. The van der Waals surface area contributed by atoms with Crippen LogP contribution in [0.4, 0.5) is 5.69 Å². The van der Waals surface area contributed by atoms with Crippen LogP contribution in [-0.4, -0.2) is 48.3 Å². The number of amides is 3. The average Bonchev–Trinajstić information content (AvgIpc) is 3.02. The third-order valence-electron chi connectivity index (χ3n) is 6.35. The minimum atomic E-state index is -0.386. The number of carbonyl (C=O) groups is 3. The van der Waals surface area contributed by atoms with Gasteiger partial charge >= 0.3 is 0 Å². The Hall–Kier alpha value is -2.70. The fourth-order valence-electron chi connectivity index (χ4n) is 4.49. The molecule has 2 heterocycles. The van der Waals surface area contributed by atoms with Gasteiger partial charge in [-0.15, -0.1) is 12.4 Å². The normalized spacial score (nSPS) is 18.3. The summed E-state index contributed by atoms with van der Waals surface area (Å²) in [7, 11) is 0. The predicted molar refractivity (Wildman–Crippen MR) is 128 cm³/mol. The van der Waals surface area contributed by atoms with E-state index < -0.39 is 0 Å². The first kappa shape index (κ1) is 24.0. The van der Waals surface area contributed by atoms with Crippen LogP contribution in [0.1, 0.15) is 69.2 Å². The molecule has 0 radical (unpaired) electrons. The van der Waals surface area contributed by atoms with Crippen LogP contribution in [0.3, 0.4) is 0 Å². The molecule has 2 aliphatic heterocycles. The summed E-state index contributed by atoms with van der Waals surface area (Å²) in [5, 5.41) is 2.95. The summed E-state index contributed by atoms with van der Waals surface area (Å²) in [4.78, 5) is 42.1. The van der Waals surface area contributed by atoms with Crippen molar-refractivity contribution in [2.24, 2.45) is 0 Å². The molecule has 1 fully saturated rings. The number of halogens is 1. The molecule has 4 rings (SSSR count). The lowest BCUT2D eigenvalue weighted by Crippen LogP contribution is -2.39. The number of fused-ring (bicyclic) bond motifs is 1. The zero-order valence-corrected chi connectivity index (χ0v) is 19.4. The largest absolute Gasteiger partial charge is 0.352 e. The number of likely N-dealkylation sites (tertiary alicyclic amines) is 1. The molecule has 2 aliphatic rings. The van der Waals surface area contributed by atoms with Gasteiger partial charge in [-0.2, -0.15) is 0 Å². The first-order chi connectivity index (χ1) is 15.0. The monoisotopic (exact) mass is 455 g/mol. The molecule has 0 saturated carbocycles. The van der Waals surface area contributed by atoms with Crippen molar-refractivity contribution >= 4 is 35.8 Å². The lowest BCUT2D eigenvalue weighted by Gasteiger charge is -2.33. The van der Waals surface area contributed by atoms with Gasteiger partial charge in [0.2, 0.25) is 0 Å². The van der Waals surface area contributed by atoms with Crippen molar-refractivity contribution < 1.29 is 14.4 Å². The van der Waals surface area contributed by atoms with Crippen molar-refractivity contribution in [1.82, 2.24) is 10.2 Å². The van der Waals surface area contributed by atoms with Crippen LogP contribution in [0.5, 0.6) is 0 Å². The highest BCUT2D eigenvalue weighted by Gasteiger charge is 2.37. The molecule has 1 unspecified atom stereocenters. The molecule has 6 nitrogen and oxygen atoms in total. The number of nitrogens with zero attached hydrogens (tertiary/aromatic N) is 2. The van der Waals surface area contributed by atoms with Gasteiger partial charge in [-0.1, -0.05) is 24.6 Å². The minimum absolute atomic E-state index is 0.